The maximum Gasteiger partial charge on any atom is 0.115 e. The van der Waals surface area contributed by atoms with E-state index in [4.69, 9.17) is 0 Å². The molecule has 2 N–H and O–H groups in total. The number of benzene rings is 1. The fraction of sp³-hybridized carbons (Fsp3) is 0.500. The lowest BCUT2D eigenvalue weighted by Crippen LogP contribution is -2.35. The maximum absolute atomic E-state index is 9.32. The smallest absolute Gasteiger partial charge is 0.115 e. The van der Waals surface area contributed by atoms with E-state index >= 15 is 0 Å². The van der Waals surface area contributed by atoms with Crippen LogP contribution in [0.15, 0.2) is 24.3 Å². The number of rotatable bonds is 2. The molecule has 0 amide bonds. The molecule has 1 unspecified atom stereocenters. The van der Waals surface area contributed by atoms with Crippen LogP contribution in [0.1, 0.15) is 24.8 Å². The minimum Gasteiger partial charge on any atom is -0.508 e. The van der Waals surface area contributed by atoms with E-state index in [0.29, 0.717) is 11.8 Å². The molecule has 1 saturated heterocycles. The predicted octanol–water partition coefficient (Wildman–Crippen LogP) is 2.08. The van der Waals surface area contributed by atoms with Crippen LogP contribution in [0.5, 0.6) is 5.75 Å². The Labute approximate surface area is 85.0 Å². The summed E-state index contributed by atoms with van der Waals surface area (Å²) in [5.74, 6) is 0.373. The van der Waals surface area contributed by atoms with Crippen molar-refractivity contribution in [2.45, 2.75) is 31.7 Å². The summed E-state index contributed by atoms with van der Waals surface area (Å²) in [5, 5.41) is 12.8. The van der Waals surface area contributed by atoms with Gasteiger partial charge in [0.1, 0.15) is 5.75 Å². The van der Waals surface area contributed by atoms with E-state index in [-0.39, 0.29) is 0 Å². The van der Waals surface area contributed by atoms with Gasteiger partial charge < -0.3 is 10.4 Å². The van der Waals surface area contributed by atoms with E-state index in [2.05, 4.69) is 11.4 Å². The standard InChI is InChI=1S/C12H17NO/c14-12-6-3-4-10(9-12)8-11-5-1-2-7-13-11/h3-4,6,9,11,13-14H,1-2,5,7-8H2. The molecule has 14 heavy (non-hydrogen) atoms. The average molecular weight is 191 g/mol. The van der Waals surface area contributed by atoms with Gasteiger partial charge in [-0.3, -0.25) is 0 Å². The van der Waals surface area contributed by atoms with E-state index in [1.165, 1.54) is 24.8 Å². The molecule has 0 aliphatic carbocycles. The Morgan fingerprint density at radius 1 is 1.36 bits per heavy atom. The Bertz CT molecular complexity index is 292. The molecular formula is C12H17NO. The van der Waals surface area contributed by atoms with Gasteiger partial charge in [-0.05, 0) is 43.5 Å². The van der Waals surface area contributed by atoms with Gasteiger partial charge in [0.25, 0.3) is 0 Å². The van der Waals surface area contributed by atoms with Crippen LogP contribution >= 0.6 is 0 Å². The normalized spacial score (nSPS) is 22.1. The molecule has 1 fully saturated rings. The zero-order valence-electron chi connectivity index (χ0n) is 8.37. The monoisotopic (exact) mass is 191 g/mol. The molecule has 0 radical (unpaired) electrons. The van der Waals surface area contributed by atoms with Crippen molar-refractivity contribution >= 4 is 0 Å². The summed E-state index contributed by atoms with van der Waals surface area (Å²) in [6.07, 6.45) is 4.93. The Morgan fingerprint density at radius 3 is 3.00 bits per heavy atom. The second-order valence-electron chi connectivity index (χ2n) is 4.02. The first-order valence-corrected chi connectivity index (χ1v) is 5.36. The Balaban J connectivity index is 1.95. The minimum atomic E-state index is 0.373. The summed E-state index contributed by atoms with van der Waals surface area (Å²) < 4.78 is 0. The number of nitrogens with one attached hydrogen (secondary N) is 1. The maximum atomic E-state index is 9.32. The van der Waals surface area contributed by atoms with E-state index in [1.807, 2.05) is 12.1 Å². The minimum absolute atomic E-state index is 0.373. The highest BCUT2D eigenvalue weighted by atomic mass is 16.3. The highest BCUT2D eigenvalue weighted by molar-refractivity contribution is 5.27. The molecule has 1 aromatic rings. The second kappa shape index (κ2) is 4.47. The van der Waals surface area contributed by atoms with Crippen molar-refractivity contribution in [3.63, 3.8) is 0 Å². The summed E-state index contributed by atoms with van der Waals surface area (Å²) in [7, 11) is 0. The van der Waals surface area contributed by atoms with Crippen molar-refractivity contribution in [2.75, 3.05) is 6.54 Å². The van der Waals surface area contributed by atoms with Gasteiger partial charge in [0, 0.05) is 6.04 Å². The van der Waals surface area contributed by atoms with Gasteiger partial charge in [0.15, 0.2) is 0 Å². The van der Waals surface area contributed by atoms with Gasteiger partial charge in [-0.15, -0.1) is 0 Å². The first-order chi connectivity index (χ1) is 6.84. The molecule has 1 aliphatic rings. The molecule has 1 heterocycles. The Morgan fingerprint density at radius 2 is 2.29 bits per heavy atom. The molecule has 1 aromatic carbocycles. The van der Waals surface area contributed by atoms with E-state index < -0.39 is 0 Å². The van der Waals surface area contributed by atoms with Gasteiger partial charge in [-0.2, -0.15) is 0 Å². The van der Waals surface area contributed by atoms with Crippen LogP contribution in [0.2, 0.25) is 0 Å². The topological polar surface area (TPSA) is 32.3 Å². The second-order valence-corrected chi connectivity index (χ2v) is 4.02. The van der Waals surface area contributed by atoms with Crippen molar-refractivity contribution < 1.29 is 5.11 Å². The van der Waals surface area contributed by atoms with Crippen molar-refractivity contribution in [1.82, 2.24) is 5.32 Å². The van der Waals surface area contributed by atoms with Gasteiger partial charge >= 0.3 is 0 Å². The van der Waals surface area contributed by atoms with Crippen LogP contribution in [0.4, 0.5) is 0 Å². The number of aromatic hydroxyl groups is 1. The van der Waals surface area contributed by atoms with Crippen molar-refractivity contribution in [3.8, 4) is 5.75 Å². The van der Waals surface area contributed by atoms with Crippen LogP contribution < -0.4 is 5.32 Å². The highest BCUT2D eigenvalue weighted by Crippen LogP contribution is 2.16. The number of phenols is 1. The van der Waals surface area contributed by atoms with Crippen LogP contribution in [0.3, 0.4) is 0 Å². The van der Waals surface area contributed by atoms with E-state index in [9.17, 15) is 5.11 Å². The molecule has 0 aromatic heterocycles. The Hall–Kier alpha value is -1.02. The van der Waals surface area contributed by atoms with Crippen LogP contribution in [-0.4, -0.2) is 17.7 Å². The molecule has 1 aliphatic heterocycles. The van der Waals surface area contributed by atoms with Gasteiger partial charge in [-0.25, -0.2) is 0 Å². The zero-order valence-corrected chi connectivity index (χ0v) is 8.37. The first kappa shape index (κ1) is 9.53. The molecule has 2 nitrogen and oxygen atoms in total. The molecule has 1 atom stereocenters. The summed E-state index contributed by atoms with van der Waals surface area (Å²) in [6.45, 7) is 1.14. The van der Waals surface area contributed by atoms with E-state index in [1.54, 1.807) is 6.07 Å². The van der Waals surface area contributed by atoms with Gasteiger partial charge in [0.2, 0.25) is 0 Å². The first-order valence-electron chi connectivity index (χ1n) is 5.36. The van der Waals surface area contributed by atoms with Crippen molar-refractivity contribution in [1.29, 1.82) is 0 Å². The molecule has 2 rings (SSSR count). The lowest BCUT2D eigenvalue weighted by molar-refractivity contribution is 0.398. The molecular weight excluding hydrogens is 174 g/mol. The molecule has 2 heteroatoms. The third-order valence-corrected chi connectivity index (χ3v) is 2.81. The summed E-state index contributed by atoms with van der Waals surface area (Å²) in [6, 6.07) is 8.17. The average Bonchev–Trinajstić information content (AvgIpc) is 2.19. The fourth-order valence-corrected chi connectivity index (χ4v) is 2.07. The zero-order chi connectivity index (χ0) is 9.80. The number of phenolic OH excluding ortho intramolecular Hbond substituents is 1. The molecule has 76 valence electrons. The summed E-state index contributed by atoms with van der Waals surface area (Å²) in [4.78, 5) is 0. The third-order valence-electron chi connectivity index (χ3n) is 2.81. The lowest BCUT2D eigenvalue weighted by Gasteiger charge is -2.23. The largest absolute Gasteiger partial charge is 0.508 e. The molecule has 0 saturated carbocycles. The highest BCUT2D eigenvalue weighted by Gasteiger charge is 2.12. The fourth-order valence-electron chi connectivity index (χ4n) is 2.07. The SMILES string of the molecule is Oc1cccc(CC2CCCCN2)c1. The van der Waals surface area contributed by atoms with Gasteiger partial charge in [0.05, 0.1) is 0 Å². The predicted molar refractivity (Wildman–Crippen MR) is 57.5 cm³/mol. The van der Waals surface area contributed by atoms with Crippen LogP contribution in [0.25, 0.3) is 0 Å². The number of hydrogen-bond acceptors (Lipinski definition) is 2. The van der Waals surface area contributed by atoms with Crippen molar-refractivity contribution in [2.24, 2.45) is 0 Å². The van der Waals surface area contributed by atoms with Crippen LogP contribution in [-0.2, 0) is 6.42 Å². The van der Waals surface area contributed by atoms with Gasteiger partial charge in [-0.1, -0.05) is 18.6 Å². The van der Waals surface area contributed by atoms with Crippen molar-refractivity contribution in [3.05, 3.63) is 29.8 Å². The quantitative estimate of drug-likeness (QED) is 0.750. The van der Waals surface area contributed by atoms with E-state index in [0.717, 1.165) is 13.0 Å². The van der Waals surface area contributed by atoms with Crippen LogP contribution in [0, 0.1) is 0 Å². The number of piperidine rings is 1. The lowest BCUT2D eigenvalue weighted by atomic mass is 9.98. The summed E-state index contributed by atoms with van der Waals surface area (Å²) in [5.41, 5.74) is 1.23. The number of hydrogen-bond donors (Lipinski definition) is 2. The third kappa shape index (κ3) is 2.48. The molecule has 0 bridgehead atoms. The Kier molecular flexibility index (Phi) is 3.04. The molecule has 0 spiro atoms. The summed E-state index contributed by atoms with van der Waals surface area (Å²) >= 11 is 0.